The van der Waals surface area contributed by atoms with Gasteiger partial charge in [-0.1, -0.05) is 49.8 Å². The van der Waals surface area contributed by atoms with E-state index in [9.17, 15) is 0 Å². The Morgan fingerprint density at radius 3 is 1.58 bits per heavy atom. The summed E-state index contributed by atoms with van der Waals surface area (Å²) < 4.78 is 0. The van der Waals surface area contributed by atoms with Gasteiger partial charge in [0.15, 0.2) is 0 Å². The number of aliphatic hydroxyl groups is 1. The summed E-state index contributed by atoms with van der Waals surface area (Å²) in [5, 5.41) is 9.58. The molecule has 0 saturated carbocycles. The Morgan fingerprint density at radius 2 is 1.58 bits per heavy atom. The van der Waals surface area contributed by atoms with Crippen LogP contribution in [0.4, 0.5) is 0 Å². The van der Waals surface area contributed by atoms with Gasteiger partial charge in [0.2, 0.25) is 0 Å². The summed E-state index contributed by atoms with van der Waals surface area (Å²) in [4.78, 5) is 0. The van der Waals surface area contributed by atoms with E-state index in [-0.39, 0.29) is 8.80 Å². The Morgan fingerprint density at radius 1 is 1.25 bits per heavy atom. The van der Waals surface area contributed by atoms with E-state index in [2.05, 4.69) is 49.8 Å². The van der Waals surface area contributed by atoms with Crippen molar-refractivity contribution in [2.24, 2.45) is 0 Å². The molecule has 0 amide bonds. The van der Waals surface area contributed by atoms with E-state index in [0.717, 1.165) is 11.8 Å². The van der Waals surface area contributed by atoms with Crippen molar-refractivity contribution in [1.29, 1.82) is 0 Å². The highest BCUT2D eigenvalue weighted by Crippen LogP contribution is 2.25. The van der Waals surface area contributed by atoms with Crippen molar-refractivity contribution in [3.8, 4) is 0 Å². The van der Waals surface area contributed by atoms with Crippen LogP contribution in [0, 0.1) is 0 Å². The second-order valence-corrected chi connectivity index (χ2v) is 9.12. The maximum atomic E-state index is 8.04. The minimum Gasteiger partial charge on any atom is -0.396 e. The molecule has 0 bridgehead atoms. The third-order valence-corrected chi connectivity index (χ3v) is 6.05. The van der Waals surface area contributed by atoms with Crippen LogP contribution in [0.2, 0.25) is 18.1 Å². The fourth-order valence-corrected chi connectivity index (χ4v) is 0.311. The van der Waals surface area contributed by atoms with E-state index in [0.29, 0.717) is 11.6 Å². The van der Waals surface area contributed by atoms with Crippen LogP contribution in [0.3, 0.4) is 0 Å². The second kappa shape index (κ2) is 8.26. The highest BCUT2D eigenvalue weighted by atomic mass is 79.9. The lowest BCUT2D eigenvalue weighted by Crippen LogP contribution is -2.16. The van der Waals surface area contributed by atoms with Gasteiger partial charge in [0, 0.05) is 20.7 Å². The molecule has 0 fully saturated rings. The first-order chi connectivity index (χ1) is 5.36. The van der Waals surface area contributed by atoms with Crippen molar-refractivity contribution < 1.29 is 5.11 Å². The molecule has 12 heavy (non-hydrogen) atoms. The Balaban J connectivity index is 0. The lowest BCUT2D eigenvalue weighted by molar-refractivity contribution is 0.296. The Kier molecular flexibility index (Phi) is 10.4. The molecule has 0 spiro atoms. The first kappa shape index (κ1) is 15.1. The Labute approximate surface area is 87.3 Å². The van der Waals surface area contributed by atoms with Crippen LogP contribution >= 0.6 is 15.9 Å². The lowest BCUT2D eigenvalue weighted by atomic mass is 10.2. The predicted molar refractivity (Wildman–Crippen MR) is 64.1 cm³/mol. The van der Waals surface area contributed by atoms with Gasteiger partial charge in [-0.3, -0.25) is 0 Å². The van der Waals surface area contributed by atoms with Gasteiger partial charge >= 0.3 is 0 Å². The molecule has 0 aromatic heterocycles. The summed E-state index contributed by atoms with van der Waals surface area (Å²) in [7, 11) is -0.359. The lowest BCUT2D eigenvalue weighted by Gasteiger charge is -2.21. The van der Waals surface area contributed by atoms with E-state index in [4.69, 9.17) is 5.11 Å². The van der Waals surface area contributed by atoms with Crippen LogP contribution in [-0.2, 0) is 0 Å². The highest BCUT2D eigenvalue weighted by molar-refractivity contribution is 9.09. The molecule has 0 unspecified atom stereocenters. The molecule has 0 atom stereocenters. The maximum Gasteiger partial charge on any atom is 0.0438 e. The molecule has 1 nitrogen and oxygen atoms in total. The molecule has 0 saturated heterocycles. The number of halogens is 1. The zero-order valence-electron chi connectivity index (χ0n) is 9.02. The van der Waals surface area contributed by atoms with Crippen LogP contribution in [-0.4, -0.2) is 25.8 Å². The highest BCUT2D eigenvalue weighted by Gasteiger charge is 2.15. The van der Waals surface area contributed by atoms with E-state index < -0.39 is 0 Å². The van der Waals surface area contributed by atoms with Crippen LogP contribution in [0.5, 0.6) is 0 Å². The molecule has 3 heteroatoms. The number of hydrogen-bond donors (Lipinski definition) is 1. The number of aliphatic hydroxyl groups excluding tert-OH is 1. The second-order valence-electron chi connectivity index (χ2n) is 4.29. The van der Waals surface area contributed by atoms with Crippen molar-refractivity contribution in [3.63, 3.8) is 0 Å². The quantitative estimate of drug-likeness (QED) is 0.594. The summed E-state index contributed by atoms with van der Waals surface area (Å²) in [6, 6.07) is 0. The Hall–Kier alpha value is 0.657. The molecule has 0 aromatic rings. The predicted octanol–water partition coefficient (Wildman–Crippen LogP) is 3.04. The molecule has 0 aliphatic rings. The van der Waals surface area contributed by atoms with Crippen molar-refractivity contribution in [3.05, 3.63) is 0 Å². The van der Waals surface area contributed by atoms with Crippen molar-refractivity contribution in [2.45, 2.75) is 45.3 Å². The monoisotopic (exact) mass is 254 g/mol. The van der Waals surface area contributed by atoms with Gasteiger partial charge in [0.25, 0.3) is 0 Å². The van der Waals surface area contributed by atoms with Crippen molar-refractivity contribution >= 4 is 24.7 Å². The number of alkyl halides is 1. The van der Waals surface area contributed by atoms with Crippen molar-refractivity contribution in [1.82, 2.24) is 0 Å². The fourth-order valence-electron chi connectivity index (χ4n) is 0.0598. The smallest absolute Gasteiger partial charge is 0.0438 e. The molecular weight excluding hydrogens is 232 g/mol. The Bertz CT molecular complexity index is 87.0. The van der Waals surface area contributed by atoms with Crippen LogP contribution in [0.15, 0.2) is 0 Å². The van der Waals surface area contributed by atoms with Gasteiger partial charge < -0.3 is 5.11 Å². The van der Waals surface area contributed by atoms with Gasteiger partial charge in [0.05, 0.1) is 0 Å². The summed E-state index contributed by atoms with van der Waals surface area (Å²) in [6.07, 6.45) is 0.861. The van der Waals surface area contributed by atoms with Gasteiger partial charge in [-0.05, 0) is 11.5 Å². The topological polar surface area (TPSA) is 20.2 Å². The summed E-state index contributed by atoms with van der Waals surface area (Å²) >= 11 is 3.15. The van der Waals surface area contributed by atoms with Crippen LogP contribution in [0.25, 0.3) is 0 Å². The molecule has 0 aliphatic carbocycles. The van der Waals surface area contributed by atoms with E-state index in [1.807, 2.05) is 0 Å². The molecule has 0 aromatic carbocycles. The fraction of sp³-hybridized carbons (Fsp3) is 1.00. The largest absolute Gasteiger partial charge is 0.396 e. The first-order valence-corrected chi connectivity index (χ1v) is 8.54. The minimum absolute atomic E-state index is 0.297. The molecule has 76 valence electrons. The van der Waals surface area contributed by atoms with Crippen LogP contribution in [0.1, 0.15) is 27.2 Å². The van der Waals surface area contributed by atoms with Crippen LogP contribution < -0.4 is 0 Å². The normalized spacial score (nSPS) is 11.0. The van der Waals surface area contributed by atoms with Gasteiger partial charge in [-0.2, -0.15) is 0 Å². The molecular formula is C9H23BrOSi. The van der Waals surface area contributed by atoms with E-state index in [1.165, 1.54) is 0 Å². The standard InChI is InChI=1S/C6H16Si.C3H7BrO/c1-6(2,3)7(4)5;4-2-1-3-5/h7H,1-5H3;5H,1-3H2. The zero-order valence-corrected chi connectivity index (χ0v) is 11.8. The average Bonchev–Trinajstić information content (AvgIpc) is 1.88. The summed E-state index contributed by atoms with van der Waals surface area (Å²) in [6.45, 7) is 12.0. The maximum absolute atomic E-state index is 8.04. The van der Waals surface area contributed by atoms with E-state index >= 15 is 0 Å². The van der Waals surface area contributed by atoms with Gasteiger partial charge in [0.1, 0.15) is 0 Å². The van der Waals surface area contributed by atoms with Crippen molar-refractivity contribution in [2.75, 3.05) is 11.9 Å². The molecule has 0 aliphatic heterocycles. The number of hydrogen-bond acceptors (Lipinski definition) is 1. The molecule has 0 radical (unpaired) electrons. The number of rotatable bonds is 2. The SMILES string of the molecule is C[SiH](C)C(C)(C)C.OCCCBr. The third kappa shape index (κ3) is 13.3. The molecule has 0 rings (SSSR count). The van der Waals surface area contributed by atoms with Gasteiger partial charge in [-0.25, -0.2) is 0 Å². The van der Waals surface area contributed by atoms with E-state index in [1.54, 1.807) is 0 Å². The summed E-state index contributed by atoms with van der Waals surface area (Å²) in [5.74, 6) is 0. The third-order valence-electron chi connectivity index (χ3n) is 2.02. The molecule has 0 heterocycles. The average molecular weight is 255 g/mol. The molecule has 1 N–H and O–H groups in total. The van der Waals surface area contributed by atoms with Gasteiger partial charge in [-0.15, -0.1) is 0 Å². The minimum atomic E-state index is -0.359. The first-order valence-electron chi connectivity index (χ1n) is 4.53. The summed E-state index contributed by atoms with van der Waals surface area (Å²) in [5.41, 5.74) is 0. The zero-order chi connectivity index (χ0) is 10.2.